The molecule has 0 aliphatic carbocycles. The molecular weight excluding hydrogens is 370 g/mol. The second-order valence-corrected chi connectivity index (χ2v) is 7.21. The molecule has 2 aromatic carbocycles. The smallest absolute Gasteiger partial charge is 0.280 e. The fraction of sp³-hybridized carbons (Fsp3) is 0. The highest BCUT2D eigenvalue weighted by Gasteiger charge is 2.15. The maximum absolute atomic E-state index is 12.6. The molecule has 0 unspecified atom stereocenters. The van der Waals surface area contributed by atoms with Gasteiger partial charge < -0.3 is 0 Å². The number of aromatic nitrogens is 1. The Morgan fingerprint density at radius 2 is 1.88 bits per heavy atom. The third-order valence-corrected chi connectivity index (χ3v) is 5.51. The fourth-order valence-corrected chi connectivity index (χ4v) is 4.18. The number of hydrogen-bond donors (Lipinski definition) is 1. The van der Waals surface area contributed by atoms with Crippen molar-refractivity contribution in [3.8, 4) is 10.6 Å². The van der Waals surface area contributed by atoms with Gasteiger partial charge in [0.1, 0.15) is 0 Å². The summed E-state index contributed by atoms with van der Waals surface area (Å²) in [4.78, 5) is 28.1. The highest BCUT2D eigenvalue weighted by atomic mass is 32.1. The van der Waals surface area contributed by atoms with Crippen LogP contribution in [0.3, 0.4) is 0 Å². The molecule has 0 aliphatic rings. The van der Waals surface area contributed by atoms with Crippen LogP contribution >= 0.6 is 22.7 Å². The minimum Gasteiger partial charge on any atom is -0.298 e. The maximum Gasteiger partial charge on any atom is 0.280 e. The quantitative estimate of drug-likeness (QED) is 0.390. The topological polar surface area (TPSA) is 85.1 Å². The first-order valence-electron chi connectivity index (χ1n) is 7.60. The average Bonchev–Trinajstić information content (AvgIpc) is 3.30. The standard InChI is InChI=1S/C18H11N3O3S2/c22-17(14-7-3-5-11-4-1-2-6-13(11)14)20-18-19-15(10-26-18)16-8-12(9-25-16)21(23)24/h1-10H,(H,19,20,22). The van der Waals surface area contributed by atoms with Gasteiger partial charge >= 0.3 is 0 Å². The van der Waals surface area contributed by atoms with Gasteiger partial charge in [0.25, 0.3) is 11.6 Å². The Balaban J connectivity index is 1.58. The minimum atomic E-state index is -0.435. The highest BCUT2D eigenvalue weighted by Crippen LogP contribution is 2.33. The molecule has 8 heteroatoms. The highest BCUT2D eigenvalue weighted by molar-refractivity contribution is 7.16. The van der Waals surface area contributed by atoms with E-state index in [0.29, 0.717) is 21.3 Å². The van der Waals surface area contributed by atoms with E-state index >= 15 is 0 Å². The van der Waals surface area contributed by atoms with Gasteiger partial charge in [-0.1, -0.05) is 36.4 Å². The molecule has 0 saturated carbocycles. The molecule has 0 spiro atoms. The largest absolute Gasteiger partial charge is 0.298 e. The van der Waals surface area contributed by atoms with Gasteiger partial charge in [-0.05, 0) is 16.8 Å². The number of thiophene rings is 1. The number of amides is 1. The van der Waals surface area contributed by atoms with Crippen molar-refractivity contribution in [1.29, 1.82) is 0 Å². The Morgan fingerprint density at radius 3 is 2.69 bits per heavy atom. The summed E-state index contributed by atoms with van der Waals surface area (Å²) in [6.45, 7) is 0. The first-order valence-corrected chi connectivity index (χ1v) is 9.36. The third kappa shape index (κ3) is 3.07. The van der Waals surface area contributed by atoms with Crippen molar-refractivity contribution >= 4 is 50.2 Å². The Bertz CT molecular complexity index is 1130. The second-order valence-electron chi connectivity index (χ2n) is 5.44. The number of thiazole rings is 1. The number of anilines is 1. The summed E-state index contributed by atoms with van der Waals surface area (Å²) in [7, 11) is 0. The van der Waals surface area contributed by atoms with Gasteiger partial charge in [-0.3, -0.25) is 20.2 Å². The second kappa shape index (κ2) is 6.66. The first kappa shape index (κ1) is 16.4. The van der Waals surface area contributed by atoms with Crippen molar-refractivity contribution in [3.05, 3.63) is 75.0 Å². The predicted molar refractivity (Wildman–Crippen MR) is 104 cm³/mol. The van der Waals surface area contributed by atoms with Crippen LogP contribution in [-0.2, 0) is 0 Å². The van der Waals surface area contributed by atoms with Crippen LogP contribution in [0.15, 0.2) is 59.3 Å². The number of fused-ring (bicyclic) bond motifs is 1. The molecule has 0 saturated heterocycles. The van der Waals surface area contributed by atoms with E-state index in [0.717, 1.165) is 10.8 Å². The van der Waals surface area contributed by atoms with E-state index in [2.05, 4.69) is 10.3 Å². The van der Waals surface area contributed by atoms with Gasteiger partial charge in [0.05, 0.1) is 20.9 Å². The number of carbonyl (C=O) groups excluding carboxylic acids is 1. The zero-order valence-corrected chi connectivity index (χ0v) is 14.8. The lowest BCUT2D eigenvalue weighted by Crippen LogP contribution is -2.12. The van der Waals surface area contributed by atoms with E-state index < -0.39 is 4.92 Å². The molecule has 1 amide bonds. The van der Waals surface area contributed by atoms with Gasteiger partial charge in [0.15, 0.2) is 5.13 Å². The number of rotatable bonds is 4. The lowest BCUT2D eigenvalue weighted by Gasteiger charge is -2.05. The van der Waals surface area contributed by atoms with Crippen molar-refractivity contribution in [3.63, 3.8) is 0 Å². The van der Waals surface area contributed by atoms with Gasteiger partial charge in [-0.2, -0.15) is 0 Å². The molecule has 4 aromatic rings. The molecule has 26 heavy (non-hydrogen) atoms. The molecule has 6 nitrogen and oxygen atoms in total. The van der Waals surface area contributed by atoms with Crippen LogP contribution in [0, 0.1) is 10.1 Å². The molecule has 0 atom stereocenters. The Kier molecular flexibility index (Phi) is 4.19. The van der Waals surface area contributed by atoms with Gasteiger partial charge in [0, 0.05) is 17.0 Å². The SMILES string of the molecule is O=C(Nc1nc(-c2cc([N+](=O)[O-])cs2)cs1)c1cccc2ccccc12. The lowest BCUT2D eigenvalue weighted by atomic mass is 10.0. The molecule has 0 fully saturated rings. The van der Waals surface area contributed by atoms with Crippen LogP contribution in [0.4, 0.5) is 10.8 Å². The van der Waals surface area contributed by atoms with Crippen LogP contribution in [0.5, 0.6) is 0 Å². The number of carbonyl (C=O) groups is 1. The van der Waals surface area contributed by atoms with E-state index in [4.69, 9.17) is 0 Å². The van der Waals surface area contributed by atoms with E-state index in [1.54, 1.807) is 11.4 Å². The Labute approximate surface area is 155 Å². The van der Waals surface area contributed by atoms with Crippen LogP contribution in [-0.4, -0.2) is 15.8 Å². The molecule has 0 radical (unpaired) electrons. The summed E-state index contributed by atoms with van der Waals surface area (Å²) in [5.41, 5.74) is 1.23. The number of nitro groups is 1. The molecular formula is C18H11N3O3S2. The van der Waals surface area contributed by atoms with E-state index in [-0.39, 0.29) is 11.6 Å². The average molecular weight is 381 g/mol. The van der Waals surface area contributed by atoms with Crippen molar-refractivity contribution in [2.45, 2.75) is 0 Å². The molecule has 1 N–H and O–H groups in total. The summed E-state index contributed by atoms with van der Waals surface area (Å²) in [5.74, 6) is -0.236. The lowest BCUT2D eigenvalue weighted by molar-refractivity contribution is -0.384. The number of hydrogen-bond acceptors (Lipinski definition) is 6. The molecule has 0 aliphatic heterocycles. The monoisotopic (exact) mass is 381 g/mol. The first-order chi connectivity index (χ1) is 12.6. The third-order valence-electron chi connectivity index (χ3n) is 3.81. The normalized spacial score (nSPS) is 10.8. The summed E-state index contributed by atoms with van der Waals surface area (Å²) in [5, 5.41) is 19.2. The van der Waals surface area contributed by atoms with Crippen molar-refractivity contribution in [2.24, 2.45) is 0 Å². The molecule has 4 rings (SSSR count). The zero-order chi connectivity index (χ0) is 18.1. The Morgan fingerprint density at radius 1 is 1.08 bits per heavy atom. The molecule has 2 aromatic heterocycles. The molecule has 0 bridgehead atoms. The summed E-state index contributed by atoms with van der Waals surface area (Å²) >= 11 is 2.54. The maximum atomic E-state index is 12.6. The van der Waals surface area contributed by atoms with Crippen LogP contribution < -0.4 is 5.32 Å². The minimum absolute atomic E-state index is 0.0411. The molecule has 2 heterocycles. The predicted octanol–water partition coefficient (Wildman–Crippen LogP) is 5.19. The van der Waals surface area contributed by atoms with Crippen LogP contribution in [0.2, 0.25) is 0 Å². The summed E-state index contributed by atoms with van der Waals surface area (Å²) < 4.78 is 0. The Hall–Kier alpha value is -3.10. The van der Waals surface area contributed by atoms with Gasteiger partial charge in [-0.15, -0.1) is 22.7 Å². The van der Waals surface area contributed by atoms with E-state index in [1.165, 1.54) is 34.1 Å². The van der Waals surface area contributed by atoms with Crippen molar-refractivity contribution < 1.29 is 9.72 Å². The fourth-order valence-electron chi connectivity index (χ4n) is 2.59. The van der Waals surface area contributed by atoms with Crippen molar-refractivity contribution in [1.82, 2.24) is 4.98 Å². The van der Waals surface area contributed by atoms with Crippen LogP contribution in [0.25, 0.3) is 21.3 Å². The van der Waals surface area contributed by atoms with E-state index in [9.17, 15) is 14.9 Å². The summed E-state index contributed by atoms with van der Waals surface area (Å²) in [6.07, 6.45) is 0. The zero-order valence-electron chi connectivity index (χ0n) is 13.2. The summed E-state index contributed by atoms with van der Waals surface area (Å²) in [6, 6.07) is 14.7. The number of benzene rings is 2. The number of nitrogens with zero attached hydrogens (tertiary/aromatic N) is 2. The van der Waals surface area contributed by atoms with Gasteiger partial charge in [-0.25, -0.2) is 4.98 Å². The number of nitrogens with one attached hydrogen (secondary N) is 1. The van der Waals surface area contributed by atoms with Crippen molar-refractivity contribution in [2.75, 3.05) is 5.32 Å². The van der Waals surface area contributed by atoms with Gasteiger partial charge in [0.2, 0.25) is 0 Å². The van der Waals surface area contributed by atoms with E-state index in [1.807, 2.05) is 36.4 Å². The van der Waals surface area contributed by atoms with Crippen LogP contribution in [0.1, 0.15) is 10.4 Å². The molecule has 128 valence electrons.